The molecule has 0 bridgehead atoms. The Morgan fingerprint density at radius 2 is 0.936 bits per heavy atom. The first kappa shape index (κ1) is 29.4. The molecule has 6 aromatic carbocycles. The molecular weight excluding hydrogens is 617 g/mol. The molecule has 47 heavy (non-hydrogen) atoms. The van der Waals surface area contributed by atoms with Gasteiger partial charge in [-0.15, -0.1) is 0 Å². The largest absolute Gasteiger partial charge is 0.289 e. The summed E-state index contributed by atoms with van der Waals surface area (Å²) in [5.74, 6) is 0.0257. The van der Waals surface area contributed by atoms with Crippen LogP contribution in [0.2, 0.25) is 0 Å². The van der Waals surface area contributed by atoms with Crippen LogP contribution in [0.1, 0.15) is 75.6 Å². The molecule has 0 amide bonds. The van der Waals surface area contributed by atoms with E-state index in [0.29, 0.717) is 22.3 Å². The lowest BCUT2D eigenvalue weighted by molar-refractivity contribution is 0.0979. The zero-order valence-electron chi connectivity index (χ0n) is 25.6. The summed E-state index contributed by atoms with van der Waals surface area (Å²) in [7, 11) is 0. The highest BCUT2D eigenvalue weighted by molar-refractivity contribution is 7.99. The van der Waals surface area contributed by atoms with Crippen LogP contribution in [0.25, 0.3) is 0 Å². The van der Waals surface area contributed by atoms with Crippen molar-refractivity contribution in [3.05, 3.63) is 189 Å². The predicted octanol–water partition coefficient (Wildman–Crippen LogP) is 9.80. The molecule has 2 aliphatic heterocycles. The van der Waals surface area contributed by atoms with Gasteiger partial charge in [0.1, 0.15) is 0 Å². The molecule has 2 heterocycles. The van der Waals surface area contributed by atoms with Gasteiger partial charge in [0.2, 0.25) is 0 Å². The minimum Gasteiger partial charge on any atom is -0.289 e. The maximum atomic E-state index is 13.8. The van der Waals surface area contributed by atoms with Crippen molar-refractivity contribution in [1.29, 1.82) is 0 Å². The first-order valence-electron chi connectivity index (χ1n) is 15.6. The second-order valence-electron chi connectivity index (χ2n) is 11.9. The van der Waals surface area contributed by atoms with E-state index in [-0.39, 0.29) is 17.3 Å². The number of ketones is 3. The third-order valence-corrected chi connectivity index (χ3v) is 11.4. The molecule has 6 aromatic rings. The molecule has 3 aliphatic rings. The summed E-state index contributed by atoms with van der Waals surface area (Å²) in [6.07, 6.45) is 1.63. The van der Waals surface area contributed by atoms with E-state index in [1.807, 2.05) is 37.3 Å². The van der Waals surface area contributed by atoms with E-state index < -0.39 is 0 Å². The van der Waals surface area contributed by atoms with Crippen LogP contribution in [0.4, 0.5) is 0 Å². The Kier molecular flexibility index (Phi) is 7.51. The lowest BCUT2D eigenvalue weighted by Gasteiger charge is -2.23. The van der Waals surface area contributed by atoms with Crippen LogP contribution >= 0.6 is 23.5 Å². The molecule has 0 aromatic heterocycles. The number of fused-ring (bicyclic) bond motifs is 6. The molecule has 0 saturated carbocycles. The molecule has 0 atom stereocenters. The molecule has 0 spiro atoms. The van der Waals surface area contributed by atoms with Gasteiger partial charge in [-0.25, -0.2) is 0 Å². The Hall–Kier alpha value is -4.97. The van der Waals surface area contributed by atoms with Gasteiger partial charge in [0, 0.05) is 65.8 Å². The van der Waals surface area contributed by atoms with E-state index >= 15 is 0 Å². The minimum absolute atomic E-state index is 0.0566. The molecule has 0 radical (unpaired) electrons. The van der Waals surface area contributed by atoms with Crippen molar-refractivity contribution < 1.29 is 14.4 Å². The van der Waals surface area contributed by atoms with E-state index in [1.54, 1.807) is 59.9 Å². The van der Waals surface area contributed by atoms with Crippen molar-refractivity contribution in [2.75, 3.05) is 0 Å². The predicted molar refractivity (Wildman–Crippen MR) is 188 cm³/mol. The second-order valence-corrected chi connectivity index (χ2v) is 14.1. The molecular formula is C42H28O3S2. The number of hydrogen-bond donors (Lipinski definition) is 0. The molecule has 9 rings (SSSR count). The average Bonchev–Trinajstić information content (AvgIpc) is 3.11. The summed E-state index contributed by atoms with van der Waals surface area (Å²) >= 11 is 3.54. The van der Waals surface area contributed by atoms with Crippen molar-refractivity contribution in [3.8, 4) is 0 Å². The van der Waals surface area contributed by atoms with Crippen molar-refractivity contribution >= 4 is 40.9 Å². The van der Waals surface area contributed by atoms with Crippen LogP contribution < -0.4 is 0 Å². The van der Waals surface area contributed by atoms with Crippen LogP contribution in [-0.4, -0.2) is 17.3 Å². The minimum atomic E-state index is -0.0600. The van der Waals surface area contributed by atoms with Gasteiger partial charge in [-0.05, 0) is 59.5 Å². The number of benzene rings is 6. The molecule has 3 nitrogen and oxygen atoms in total. The van der Waals surface area contributed by atoms with Crippen LogP contribution in [0.15, 0.2) is 147 Å². The number of carbonyl (C=O) groups excluding carboxylic acids is 3. The van der Waals surface area contributed by atoms with Crippen LogP contribution in [-0.2, 0) is 12.8 Å². The first-order valence-corrected chi connectivity index (χ1v) is 17.2. The molecule has 0 saturated heterocycles. The summed E-state index contributed by atoms with van der Waals surface area (Å²) in [5, 5.41) is 0. The lowest BCUT2D eigenvalue weighted by atomic mass is 9.83. The zero-order valence-corrected chi connectivity index (χ0v) is 27.2. The van der Waals surface area contributed by atoms with Gasteiger partial charge < -0.3 is 0 Å². The Morgan fingerprint density at radius 3 is 1.49 bits per heavy atom. The summed E-state index contributed by atoms with van der Waals surface area (Å²) in [6, 6.07) is 41.7. The van der Waals surface area contributed by atoms with E-state index in [4.69, 9.17) is 0 Å². The summed E-state index contributed by atoms with van der Waals surface area (Å²) in [6.45, 7) is 1.92. The van der Waals surface area contributed by atoms with Crippen LogP contribution in [0.5, 0.6) is 0 Å². The smallest absolute Gasteiger partial charge is 0.194 e. The second kappa shape index (κ2) is 12.0. The van der Waals surface area contributed by atoms with E-state index in [9.17, 15) is 14.4 Å². The fraction of sp³-hybridized carbons (Fsp3) is 0.0714. The maximum absolute atomic E-state index is 13.8. The van der Waals surface area contributed by atoms with E-state index in [0.717, 1.165) is 40.7 Å². The van der Waals surface area contributed by atoms with Crippen LogP contribution in [0, 0.1) is 6.92 Å². The molecule has 5 heteroatoms. The van der Waals surface area contributed by atoms with Gasteiger partial charge >= 0.3 is 0 Å². The molecule has 0 unspecified atom stereocenters. The quantitative estimate of drug-likeness (QED) is 0.175. The van der Waals surface area contributed by atoms with E-state index in [1.165, 1.54) is 30.7 Å². The standard InChI is InChI=1S/C27H18OS2.C15H10O2/c28-27(19-9-5-13-25-21(19)15-17-7-1-3-11-23(17)29-25)20-10-6-14-26-22(20)16-18-8-2-4-12-24(18)30-26;1-9-6-7-12-13(8-9)15(17)11-5-3-2-4-10(11)14(12)16/h1-14H,15-16H2;2-8H,1H3. The molecule has 0 fully saturated rings. The Labute approximate surface area is 282 Å². The Bertz CT molecular complexity index is 2180. The average molecular weight is 645 g/mol. The molecule has 226 valence electrons. The van der Waals surface area contributed by atoms with Crippen molar-refractivity contribution in [2.24, 2.45) is 0 Å². The topological polar surface area (TPSA) is 51.2 Å². The fourth-order valence-electron chi connectivity index (χ4n) is 6.59. The number of hydrogen-bond acceptors (Lipinski definition) is 5. The van der Waals surface area contributed by atoms with Crippen molar-refractivity contribution in [3.63, 3.8) is 0 Å². The van der Waals surface area contributed by atoms with Gasteiger partial charge in [-0.2, -0.15) is 0 Å². The summed E-state index contributed by atoms with van der Waals surface area (Å²) in [5.41, 5.74) is 9.64. The monoisotopic (exact) mass is 644 g/mol. The maximum Gasteiger partial charge on any atom is 0.194 e. The summed E-state index contributed by atoms with van der Waals surface area (Å²) in [4.78, 5) is 43.2. The van der Waals surface area contributed by atoms with Gasteiger partial charge in [-0.3, -0.25) is 14.4 Å². The molecule has 1 aliphatic carbocycles. The first-order chi connectivity index (χ1) is 23.0. The van der Waals surface area contributed by atoms with Crippen molar-refractivity contribution in [2.45, 2.75) is 39.3 Å². The fourth-order valence-corrected chi connectivity index (χ4v) is 8.80. The Balaban J connectivity index is 0.000000162. The van der Waals surface area contributed by atoms with Gasteiger partial charge in [0.15, 0.2) is 17.3 Å². The van der Waals surface area contributed by atoms with Crippen molar-refractivity contribution in [1.82, 2.24) is 0 Å². The number of aryl methyl sites for hydroxylation is 1. The van der Waals surface area contributed by atoms with Crippen LogP contribution in [0.3, 0.4) is 0 Å². The third kappa shape index (κ3) is 5.26. The normalized spacial score (nSPS) is 13.5. The highest BCUT2D eigenvalue weighted by Crippen LogP contribution is 2.43. The van der Waals surface area contributed by atoms with Gasteiger partial charge in [0.25, 0.3) is 0 Å². The number of rotatable bonds is 2. The van der Waals surface area contributed by atoms with Gasteiger partial charge in [-0.1, -0.05) is 126 Å². The van der Waals surface area contributed by atoms with E-state index in [2.05, 4.69) is 60.7 Å². The SMILES string of the molecule is Cc1ccc2c(c1)C(=O)c1ccccc1C2=O.O=C(c1cccc2c1Cc1ccccc1S2)c1cccc2c1Cc1ccccc1S2. The number of carbonyl (C=O) groups is 3. The van der Waals surface area contributed by atoms with Gasteiger partial charge in [0.05, 0.1) is 0 Å². The highest BCUT2D eigenvalue weighted by atomic mass is 32.2. The molecule has 0 N–H and O–H groups in total. The zero-order chi connectivity index (χ0) is 32.1. The lowest BCUT2D eigenvalue weighted by Crippen LogP contribution is -2.20. The summed E-state index contributed by atoms with van der Waals surface area (Å²) < 4.78 is 0. The third-order valence-electron chi connectivity index (χ3n) is 8.96. The Morgan fingerprint density at radius 1 is 0.489 bits per heavy atom. The highest BCUT2D eigenvalue weighted by Gasteiger charge is 2.29.